The zero-order valence-electron chi connectivity index (χ0n) is 18.9. The molecule has 3 aromatic carbocycles. The van der Waals surface area contributed by atoms with Crippen LogP contribution in [0.3, 0.4) is 0 Å². The highest BCUT2D eigenvalue weighted by Crippen LogP contribution is 2.36. The molecular weight excluding hydrogens is 436 g/mol. The van der Waals surface area contributed by atoms with E-state index in [0.29, 0.717) is 39.1 Å². The van der Waals surface area contributed by atoms with Crippen LogP contribution in [0.1, 0.15) is 25.3 Å². The van der Waals surface area contributed by atoms with E-state index in [2.05, 4.69) is 11.4 Å². The summed E-state index contributed by atoms with van der Waals surface area (Å²) in [6.07, 6.45) is 0.904. The molecule has 1 N–H and O–H groups in total. The number of benzene rings is 3. The Kier molecular flexibility index (Phi) is 7.00. The van der Waals surface area contributed by atoms with Gasteiger partial charge in [0.05, 0.1) is 17.7 Å². The molecule has 0 bridgehead atoms. The molecule has 0 aromatic heterocycles. The van der Waals surface area contributed by atoms with E-state index in [4.69, 9.17) is 4.74 Å². The standard InChI is InChI=1S/C26H30N2O4S/c1-2-33(30,31)28-17-14-26(15-18-28,23-10-4-3-5-11-23)25(29)27-16-19-32-24-13-12-21-8-6-7-9-22(21)20-24/h3-13,20H,2,14-19H2,1H3,(H,27,29). The van der Waals surface area contributed by atoms with Crippen molar-refractivity contribution in [3.8, 4) is 5.75 Å². The Morgan fingerprint density at radius 2 is 1.64 bits per heavy atom. The monoisotopic (exact) mass is 466 g/mol. The van der Waals surface area contributed by atoms with Gasteiger partial charge in [-0.1, -0.05) is 60.7 Å². The summed E-state index contributed by atoms with van der Waals surface area (Å²) in [6, 6.07) is 23.7. The van der Waals surface area contributed by atoms with Gasteiger partial charge in [0.15, 0.2) is 0 Å². The van der Waals surface area contributed by atoms with Crippen LogP contribution in [0.5, 0.6) is 5.75 Å². The van der Waals surface area contributed by atoms with E-state index in [0.717, 1.165) is 22.1 Å². The second-order valence-electron chi connectivity index (χ2n) is 8.36. The molecule has 4 rings (SSSR count). The fourth-order valence-electron chi connectivity index (χ4n) is 4.49. The van der Waals surface area contributed by atoms with Gasteiger partial charge in [0, 0.05) is 13.1 Å². The molecule has 1 saturated heterocycles. The summed E-state index contributed by atoms with van der Waals surface area (Å²) in [4.78, 5) is 13.4. The number of sulfonamides is 1. The summed E-state index contributed by atoms with van der Waals surface area (Å²) in [5.41, 5.74) is 0.177. The zero-order valence-corrected chi connectivity index (χ0v) is 19.7. The van der Waals surface area contributed by atoms with Crippen LogP contribution in [0.4, 0.5) is 0 Å². The third kappa shape index (κ3) is 5.04. The number of carbonyl (C=O) groups is 1. The van der Waals surface area contributed by atoms with Crippen LogP contribution >= 0.6 is 0 Å². The second-order valence-corrected chi connectivity index (χ2v) is 10.6. The minimum atomic E-state index is -3.26. The first-order valence-electron chi connectivity index (χ1n) is 11.4. The van der Waals surface area contributed by atoms with E-state index in [-0.39, 0.29) is 11.7 Å². The molecule has 0 aliphatic carbocycles. The predicted molar refractivity (Wildman–Crippen MR) is 131 cm³/mol. The van der Waals surface area contributed by atoms with E-state index in [9.17, 15) is 13.2 Å². The normalized spacial score (nSPS) is 16.4. The van der Waals surface area contributed by atoms with Crippen LogP contribution < -0.4 is 10.1 Å². The van der Waals surface area contributed by atoms with Crippen molar-refractivity contribution in [2.24, 2.45) is 0 Å². The Morgan fingerprint density at radius 1 is 0.970 bits per heavy atom. The van der Waals surface area contributed by atoms with Crippen molar-refractivity contribution >= 4 is 26.7 Å². The molecule has 0 atom stereocenters. The summed E-state index contributed by atoms with van der Waals surface area (Å²) >= 11 is 0. The quantitative estimate of drug-likeness (QED) is 0.514. The molecule has 33 heavy (non-hydrogen) atoms. The molecule has 1 heterocycles. The van der Waals surface area contributed by atoms with Gasteiger partial charge < -0.3 is 10.1 Å². The van der Waals surface area contributed by atoms with E-state index in [1.54, 1.807) is 6.92 Å². The number of carbonyl (C=O) groups excluding carboxylic acids is 1. The highest BCUT2D eigenvalue weighted by atomic mass is 32.2. The van der Waals surface area contributed by atoms with Gasteiger partial charge in [-0.15, -0.1) is 0 Å². The van der Waals surface area contributed by atoms with Gasteiger partial charge in [0.25, 0.3) is 0 Å². The molecule has 0 saturated carbocycles. The minimum Gasteiger partial charge on any atom is -0.492 e. The van der Waals surface area contributed by atoms with Gasteiger partial charge in [-0.05, 0) is 48.2 Å². The van der Waals surface area contributed by atoms with Gasteiger partial charge in [0.1, 0.15) is 12.4 Å². The molecule has 0 spiro atoms. The Hall–Kier alpha value is -2.90. The number of nitrogens with one attached hydrogen (secondary N) is 1. The van der Waals surface area contributed by atoms with Crippen molar-refractivity contribution in [1.82, 2.24) is 9.62 Å². The van der Waals surface area contributed by atoms with Crippen molar-refractivity contribution in [3.63, 3.8) is 0 Å². The molecule has 1 aliphatic rings. The van der Waals surface area contributed by atoms with Gasteiger partial charge in [0.2, 0.25) is 15.9 Å². The summed E-state index contributed by atoms with van der Waals surface area (Å²) in [5, 5.41) is 5.29. The smallest absolute Gasteiger partial charge is 0.230 e. The fraction of sp³-hybridized carbons (Fsp3) is 0.346. The largest absolute Gasteiger partial charge is 0.492 e. The Morgan fingerprint density at radius 3 is 2.33 bits per heavy atom. The van der Waals surface area contributed by atoms with Crippen LogP contribution in [0.15, 0.2) is 72.8 Å². The fourth-order valence-corrected chi connectivity index (χ4v) is 5.60. The van der Waals surface area contributed by atoms with Crippen molar-refractivity contribution in [1.29, 1.82) is 0 Å². The maximum Gasteiger partial charge on any atom is 0.230 e. The average molecular weight is 467 g/mol. The Labute approximate surface area is 195 Å². The number of nitrogens with zero attached hydrogens (tertiary/aromatic N) is 1. The minimum absolute atomic E-state index is 0.0731. The van der Waals surface area contributed by atoms with E-state index in [1.165, 1.54) is 4.31 Å². The summed E-state index contributed by atoms with van der Waals surface area (Å²) in [7, 11) is -3.26. The highest BCUT2D eigenvalue weighted by Gasteiger charge is 2.44. The number of fused-ring (bicyclic) bond motifs is 1. The van der Waals surface area contributed by atoms with Crippen LogP contribution in [-0.2, 0) is 20.2 Å². The zero-order chi connectivity index (χ0) is 23.3. The van der Waals surface area contributed by atoms with Crippen molar-refractivity contribution in [2.45, 2.75) is 25.2 Å². The molecule has 0 unspecified atom stereocenters. The van der Waals surface area contributed by atoms with Crippen LogP contribution in [0, 0.1) is 0 Å². The number of piperidine rings is 1. The SMILES string of the molecule is CCS(=O)(=O)N1CCC(C(=O)NCCOc2ccc3ccccc3c2)(c2ccccc2)CC1. The molecule has 1 aliphatic heterocycles. The topological polar surface area (TPSA) is 75.7 Å². The Balaban J connectivity index is 1.40. The molecule has 6 nitrogen and oxygen atoms in total. The van der Waals surface area contributed by atoms with E-state index >= 15 is 0 Å². The number of hydrogen-bond donors (Lipinski definition) is 1. The van der Waals surface area contributed by atoms with Gasteiger partial charge in [-0.2, -0.15) is 0 Å². The molecule has 0 radical (unpaired) electrons. The maximum absolute atomic E-state index is 13.4. The summed E-state index contributed by atoms with van der Waals surface area (Å²) in [5.74, 6) is 0.757. The second kappa shape index (κ2) is 9.93. The lowest BCUT2D eigenvalue weighted by atomic mass is 9.72. The van der Waals surface area contributed by atoms with Crippen molar-refractivity contribution in [3.05, 3.63) is 78.4 Å². The lowest BCUT2D eigenvalue weighted by Crippen LogP contribution is -2.53. The number of hydrogen-bond acceptors (Lipinski definition) is 4. The van der Waals surface area contributed by atoms with Crippen LogP contribution in [-0.4, -0.2) is 50.6 Å². The maximum atomic E-state index is 13.4. The first-order valence-corrected chi connectivity index (χ1v) is 13.0. The van der Waals surface area contributed by atoms with Gasteiger partial charge in [-0.3, -0.25) is 4.79 Å². The predicted octanol–water partition coefficient (Wildman–Crippen LogP) is 3.72. The van der Waals surface area contributed by atoms with E-state index in [1.807, 2.05) is 66.7 Å². The number of amides is 1. The van der Waals surface area contributed by atoms with Gasteiger partial charge >= 0.3 is 0 Å². The van der Waals surface area contributed by atoms with Crippen LogP contribution in [0.25, 0.3) is 10.8 Å². The average Bonchev–Trinajstić information content (AvgIpc) is 2.87. The molecule has 7 heteroatoms. The Bertz CT molecular complexity index is 1200. The van der Waals surface area contributed by atoms with Crippen LogP contribution in [0.2, 0.25) is 0 Å². The third-order valence-electron chi connectivity index (χ3n) is 6.47. The van der Waals surface area contributed by atoms with E-state index < -0.39 is 15.4 Å². The number of rotatable bonds is 8. The van der Waals surface area contributed by atoms with Crippen molar-refractivity contribution in [2.75, 3.05) is 32.0 Å². The lowest BCUT2D eigenvalue weighted by molar-refractivity contribution is -0.128. The van der Waals surface area contributed by atoms with Crippen molar-refractivity contribution < 1.29 is 17.9 Å². The number of ether oxygens (including phenoxy) is 1. The third-order valence-corrected chi connectivity index (χ3v) is 8.35. The first-order chi connectivity index (χ1) is 15.9. The molecule has 3 aromatic rings. The first kappa shape index (κ1) is 23.3. The lowest BCUT2D eigenvalue weighted by Gasteiger charge is -2.40. The summed E-state index contributed by atoms with van der Waals surface area (Å²) < 4.78 is 32.0. The summed E-state index contributed by atoms with van der Waals surface area (Å²) in [6.45, 7) is 3.05. The molecular formula is C26H30N2O4S. The molecule has 174 valence electrons. The molecule has 1 fully saturated rings. The molecule has 1 amide bonds. The highest BCUT2D eigenvalue weighted by molar-refractivity contribution is 7.89. The van der Waals surface area contributed by atoms with Gasteiger partial charge in [-0.25, -0.2) is 12.7 Å².